The van der Waals surface area contributed by atoms with Crippen LogP contribution < -0.4 is 10.2 Å². The summed E-state index contributed by atoms with van der Waals surface area (Å²) in [5, 5.41) is 2.57. The van der Waals surface area contributed by atoms with Crippen molar-refractivity contribution < 1.29 is 22.8 Å². The number of nitrogens with zero attached hydrogens (tertiary/aromatic N) is 2. The minimum atomic E-state index is -4.59. The summed E-state index contributed by atoms with van der Waals surface area (Å²) in [6.45, 7) is 5.73. The monoisotopic (exact) mass is 531 g/mol. The molecule has 1 heterocycles. The van der Waals surface area contributed by atoms with Crippen molar-refractivity contribution in [3.05, 3.63) is 69.9 Å². The van der Waals surface area contributed by atoms with Gasteiger partial charge in [-0.1, -0.05) is 37.6 Å². The van der Waals surface area contributed by atoms with Crippen LogP contribution in [0.15, 0.2) is 58.7 Å². The molecule has 0 fully saturated rings. The van der Waals surface area contributed by atoms with Crippen molar-refractivity contribution in [2.45, 2.75) is 45.7 Å². The van der Waals surface area contributed by atoms with E-state index < -0.39 is 29.5 Å². The number of Topliss-reactive ketones (excluding diaryl/α,β-unsaturated/α-hetero) is 1. The molecule has 2 aliphatic rings. The smallest absolute Gasteiger partial charge is 0.378 e. The Hall–Kier alpha value is -3.13. The molecule has 0 saturated heterocycles. The molecule has 5 nitrogen and oxygen atoms in total. The number of ketones is 1. The standard InChI is InChI=1S/C28H29ClF3N3O2/c1-15-23(26(37)34-20-12-17(28(30,31)32)8-11-19(20)29)24(16-6-9-18(10-7-16)35(4)5)25-21(33-15)13-27(2,3)14-22(25)36/h6-12,23-24H,13-14H2,1-5H3,(H,34,37)/t23?,24-/m1/s1. The van der Waals surface area contributed by atoms with Crippen LogP contribution in [-0.4, -0.2) is 31.5 Å². The molecular weight excluding hydrogens is 503 g/mol. The van der Waals surface area contributed by atoms with E-state index in [0.29, 0.717) is 29.8 Å². The highest BCUT2D eigenvalue weighted by atomic mass is 35.5. The molecule has 4 rings (SSSR count). The van der Waals surface area contributed by atoms with Crippen LogP contribution in [0.5, 0.6) is 0 Å². The van der Waals surface area contributed by atoms with E-state index in [1.54, 1.807) is 6.92 Å². The van der Waals surface area contributed by atoms with Crippen LogP contribution in [0.4, 0.5) is 24.5 Å². The van der Waals surface area contributed by atoms with Gasteiger partial charge >= 0.3 is 6.18 Å². The molecule has 0 bridgehead atoms. The summed E-state index contributed by atoms with van der Waals surface area (Å²) in [6.07, 6.45) is -3.68. The van der Waals surface area contributed by atoms with E-state index >= 15 is 0 Å². The first kappa shape index (κ1) is 26.9. The molecule has 2 atom stereocenters. The third kappa shape index (κ3) is 5.44. The number of alkyl halides is 3. The van der Waals surface area contributed by atoms with Crippen LogP contribution in [0, 0.1) is 11.3 Å². The second kappa shape index (κ2) is 9.63. The number of amides is 1. The van der Waals surface area contributed by atoms with Crippen molar-refractivity contribution in [1.29, 1.82) is 0 Å². The molecule has 1 aliphatic heterocycles. The lowest BCUT2D eigenvalue weighted by Gasteiger charge is -2.39. The lowest BCUT2D eigenvalue weighted by Crippen LogP contribution is -2.41. The molecule has 196 valence electrons. The number of nitrogens with one attached hydrogen (secondary N) is 1. The van der Waals surface area contributed by atoms with Gasteiger partial charge in [-0.05, 0) is 54.7 Å². The molecule has 2 aromatic rings. The summed E-state index contributed by atoms with van der Waals surface area (Å²) >= 11 is 6.15. The predicted molar refractivity (Wildman–Crippen MR) is 140 cm³/mol. The van der Waals surface area contributed by atoms with Crippen molar-refractivity contribution in [2.75, 3.05) is 24.3 Å². The number of hydrogen-bond acceptors (Lipinski definition) is 4. The molecule has 9 heteroatoms. The number of aliphatic imine (C=N–C) groups is 1. The van der Waals surface area contributed by atoms with Gasteiger partial charge in [0.05, 0.1) is 22.2 Å². The zero-order chi connectivity index (χ0) is 27.3. The molecule has 2 aromatic carbocycles. The number of allylic oxidation sites excluding steroid dienone is 2. The lowest BCUT2D eigenvalue weighted by molar-refractivity contribution is -0.137. The van der Waals surface area contributed by atoms with E-state index in [1.165, 1.54) is 0 Å². The van der Waals surface area contributed by atoms with Gasteiger partial charge in [0.2, 0.25) is 5.91 Å². The number of carbonyl (C=O) groups excluding carboxylic acids is 2. The number of rotatable bonds is 4. The molecule has 1 N–H and O–H groups in total. The fraction of sp³-hybridized carbons (Fsp3) is 0.393. The molecule has 1 amide bonds. The van der Waals surface area contributed by atoms with E-state index in [2.05, 4.69) is 10.3 Å². The van der Waals surface area contributed by atoms with Crippen LogP contribution in [0.3, 0.4) is 0 Å². The highest BCUT2D eigenvalue weighted by Gasteiger charge is 2.45. The molecule has 0 saturated carbocycles. The van der Waals surface area contributed by atoms with Crippen LogP contribution in [0.1, 0.15) is 50.7 Å². The molecule has 37 heavy (non-hydrogen) atoms. The predicted octanol–water partition coefficient (Wildman–Crippen LogP) is 6.88. The van der Waals surface area contributed by atoms with E-state index in [0.717, 1.165) is 29.4 Å². The fourth-order valence-electron chi connectivity index (χ4n) is 5.13. The SMILES string of the molecule is CC1=NC2=C(C(=O)CC(C)(C)C2)[C@H](c2ccc(N(C)C)cc2)C1C(=O)Nc1cc(C(F)(F)F)ccc1Cl. The Morgan fingerprint density at radius 1 is 1.11 bits per heavy atom. The number of anilines is 2. The maximum atomic E-state index is 13.7. The van der Waals surface area contributed by atoms with Crippen molar-refractivity contribution in [1.82, 2.24) is 0 Å². The Kier molecular flexibility index (Phi) is 7.01. The molecule has 0 spiro atoms. The Morgan fingerprint density at radius 3 is 2.35 bits per heavy atom. The van der Waals surface area contributed by atoms with Gasteiger partial charge < -0.3 is 10.2 Å². The first-order valence-electron chi connectivity index (χ1n) is 11.9. The maximum Gasteiger partial charge on any atom is 0.416 e. The van der Waals surface area contributed by atoms with Gasteiger partial charge in [-0.25, -0.2) is 0 Å². The normalized spacial score (nSPS) is 21.3. The van der Waals surface area contributed by atoms with Gasteiger partial charge in [0.1, 0.15) is 0 Å². The Morgan fingerprint density at radius 2 is 1.76 bits per heavy atom. The molecular formula is C28H29ClF3N3O2. The Labute approximate surface area is 219 Å². The summed E-state index contributed by atoms with van der Waals surface area (Å²) in [5.74, 6) is -2.18. The third-order valence-corrected chi connectivity index (χ3v) is 7.23. The molecule has 0 radical (unpaired) electrons. The van der Waals surface area contributed by atoms with Crippen LogP contribution in [-0.2, 0) is 15.8 Å². The van der Waals surface area contributed by atoms with E-state index in [9.17, 15) is 22.8 Å². The molecule has 1 unspecified atom stereocenters. The van der Waals surface area contributed by atoms with Crippen molar-refractivity contribution >= 4 is 40.4 Å². The van der Waals surface area contributed by atoms with Gasteiger partial charge in [0.15, 0.2) is 5.78 Å². The zero-order valence-electron chi connectivity index (χ0n) is 21.3. The van der Waals surface area contributed by atoms with E-state index in [4.69, 9.17) is 11.6 Å². The average Bonchev–Trinajstić information content (AvgIpc) is 2.78. The van der Waals surface area contributed by atoms with Crippen LogP contribution in [0.2, 0.25) is 5.02 Å². The van der Waals surface area contributed by atoms with Crippen LogP contribution in [0.25, 0.3) is 0 Å². The summed E-state index contributed by atoms with van der Waals surface area (Å²) in [6, 6.07) is 10.4. The summed E-state index contributed by atoms with van der Waals surface area (Å²) in [5.41, 5.74) is 2.03. The van der Waals surface area contributed by atoms with Gasteiger partial charge in [-0.3, -0.25) is 14.6 Å². The topological polar surface area (TPSA) is 61.8 Å². The van der Waals surface area contributed by atoms with Crippen LogP contribution >= 0.6 is 11.6 Å². The lowest BCUT2D eigenvalue weighted by atomic mass is 9.66. The minimum Gasteiger partial charge on any atom is -0.378 e. The summed E-state index contributed by atoms with van der Waals surface area (Å²) < 4.78 is 39.9. The second-order valence-electron chi connectivity index (χ2n) is 10.7. The quantitative estimate of drug-likeness (QED) is 0.468. The highest BCUT2D eigenvalue weighted by Crippen LogP contribution is 2.48. The highest BCUT2D eigenvalue weighted by molar-refractivity contribution is 6.34. The number of hydrogen-bond donors (Lipinski definition) is 1. The third-order valence-electron chi connectivity index (χ3n) is 6.90. The number of halogens is 4. The van der Waals surface area contributed by atoms with Gasteiger partial charge in [0.25, 0.3) is 0 Å². The molecule has 1 aliphatic carbocycles. The Balaban J connectivity index is 1.79. The van der Waals surface area contributed by atoms with Crippen molar-refractivity contribution in [2.24, 2.45) is 16.3 Å². The van der Waals surface area contributed by atoms with Gasteiger partial charge in [-0.2, -0.15) is 13.2 Å². The fourth-order valence-corrected chi connectivity index (χ4v) is 5.30. The van der Waals surface area contributed by atoms with Crippen molar-refractivity contribution in [3.8, 4) is 0 Å². The summed E-state index contributed by atoms with van der Waals surface area (Å²) in [7, 11) is 3.82. The first-order chi connectivity index (χ1) is 17.2. The van der Waals surface area contributed by atoms with E-state index in [-0.39, 0.29) is 21.9 Å². The second-order valence-corrected chi connectivity index (χ2v) is 11.1. The largest absolute Gasteiger partial charge is 0.416 e. The minimum absolute atomic E-state index is 0.0194. The number of carbonyl (C=O) groups is 2. The number of benzene rings is 2. The first-order valence-corrected chi connectivity index (χ1v) is 12.3. The van der Waals surface area contributed by atoms with Gasteiger partial charge in [-0.15, -0.1) is 0 Å². The van der Waals surface area contributed by atoms with E-state index in [1.807, 2.05) is 57.1 Å². The average molecular weight is 532 g/mol. The zero-order valence-corrected chi connectivity index (χ0v) is 22.1. The molecule has 0 aromatic heterocycles. The Bertz CT molecular complexity index is 1310. The van der Waals surface area contributed by atoms with Crippen molar-refractivity contribution in [3.63, 3.8) is 0 Å². The van der Waals surface area contributed by atoms with Gasteiger partial charge in [0, 0.05) is 49.1 Å². The summed E-state index contributed by atoms with van der Waals surface area (Å²) in [4.78, 5) is 33.7. The maximum absolute atomic E-state index is 13.7.